The third-order valence-corrected chi connectivity index (χ3v) is 2.42. The van der Waals surface area contributed by atoms with Gasteiger partial charge in [-0.1, -0.05) is 11.6 Å². The molecule has 0 bridgehead atoms. The lowest BCUT2D eigenvalue weighted by atomic mass is 10.1. The minimum absolute atomic E-state index is 0.0744. The summed E-state index contributed by atoms with van der Waals surface area (Å²) < 4.78 is 0. The highest BCUT2D eigenvalue weighted by Crippen LogP contribution is 2.20. The number of anilines is 1. The summed E-state index contributed by atoms with van der Waals surface area (Å²) in [5.41, 5.74) is -0.292. The molecule has 0 aliphatic heterocycles. The summed E-state index contributed by atoms with van der Waals surface area (Å²) in [6.45, 7) is 7.44. The number of nitrogens with zero attached hydrogens (tertiary/aromatic N) is 2. The van der Waals surface area contributed by atoms with Gasteiger partial charge in [0, 0.05) is 5.54 Å². The minimum atomic E-state index is -0.479. The molecule has 0 saturated heterocycles. The van der Waals surface area contributed by atoms with Crippen molar-refractivity contribution in [3.8, 4) is 0 Å². The molecule has 7 heteroatoms. The monoisotopic (exact) mass is 290 g/mol. The molecule has 1 aromatic rings. The summed E-state index contributed by atoms with van der Waals surface area (Å²) in [5.74, 6) is 0.196. The maximum atomic E-state index is 11.9. The zero-order chi connectivity index (χ0) is 13.9. The lowest BCUT2D eigenvalue weighted by Gasteiger charge is -2.24. The number of hydrogen-bond acceptors (Lipinski definition) is 4. The molecule has 0 aliphatic rings. The summed E-state index contributed by atoms with van der Waals surface area (Å²) in [7, 11) is 0. The normalized spacial score (nSPS) is 13.0. The largest absolute Gasteiger partial charge is 0.357 e. The quantitative estimate of drug-likeness (QED) is 0.840. The Morgan fingerprint density at radius 1 is 1.39 bits per heavy atom. The first-order valence-electron chi connectivity index (χ1n) is 5.45. The van der Waals surface area contributed by atoms with Gasteiger partial charge in [0.15, 0.2) is 5.82 Å². The van der Waals surface area contributed by atoms with Gasteiger partial charge in [-0.2, -0.15) is 4.98 Å². The van der Waals surface area contributed by atoms with Crippen LogP contribution >= 0.6 is 23.2 Å². The second kappa shape index (κ2) is 5.71. The minimum Gasteiger partial charge on any atom is -0.357 e. The molecule has 0 spiro atoms. The first-order chi connectivity index (χ1) is 8.19. The van der Waals surface area contributed by atoms with Crippen LogP contribution in [0.2, 0.25) is 10.3 Å². The summed E-state index contributed by atoms with van der Waals surface area (Å²) >= 11 is 11.6. The third-order valence-electron chi connectivity index (χ3n) is 1.96. The van der Waals surface area contributed by atoms with Crippen LogP contribution in [-0.4, -0.2) is 27.5 Å². The molecule has 0 aliphatic carbocycles. The van der Waals surface area contributed by atoms with Gasteiger partial charge in [-0.3, -0.25) is 4.79 Å². The number of carbonyl (C=O) groups is 1. The van der Waals surface area contributed by atoms with E-state index >= 15 is 0 Å². The van der Waals surface area contributed by atoms with E-state index in [1.54, 1.807) is 6.92 Å². The maximum Gasteiger partial charge on any atom is 0.242 e. The molecule has 1 atom stereocenters. The van der Waals surface area contributed by atoms with Gasteiger partial charge in [0.2, 0.25) is 11.2 Å². The molecule has 0 fully saturated rings. The van der Waals surface area contributed by atoms with Gasteiger partial charge in [0.05, 0.1) is 6.20 Å². The number of rotatable bonds is 3. The zero-order valence-electron chi connectivity index (χ0n) is 10.7. The molecule has 5 nitrogen and oxygen atoms in total. The molecule has 2 N–H and O–H groups in total. The fourth-order valence-electron chi connectivity index (χ4n) is 1.20. The molecule has 1 amide bonds. The highest BCUT2D eigenvalue weighted by Gasteiger charge is 2.20. The van der Waals surface area contributed by atoms with Gasteiger partial charge in [-0.05, 0) is 39.3 Å². The highest BCUT2D eigenvalue weighted by molar-refractivity contribution is 6.33. The van der Waals surface area contributed by atoms with Crippen LogP contribution in [0.5, 0.6) is 0 Å². The Balaban J connectivity index is 2.72. The van der Waals surface area contributed by atoms with Gasteiger partial charge >= 0.3 is 0 Å². The average Bonchev–Trinajstić information content (AvgIpc) is 2.21. The zero-order valence-corrected chi connectivity index (χ0v) is 12.2. The van der Waals surface area contributed by atoms with Crippen molar-refractivity contribution in [2.24, 2.45) is 0 Å². The number of aromatic nitrogens is 2. The standard InChI is InChI=1S/C11H16Cl2N4O/c1-6(9(18)17-11(2,3)4)15-8-7(12)5-14-10(13)16-8/h5-6H,1-4H3,(H,17,18)(H,14,15,16). The van der Waals surface area contributed by atoms with Crippen molar-refractivity contribution >= 4 is 34.9 Å². The van der Waals surface area contributed by atoms with Gasteiger partial charge < -0.3 is 10.6 Å². The van der Waals surface area contributed by atoms with E-state index in [-0.39, 0.29) is 16.7 Å². The van der Waals surface area contributed by atoms with E-state index in [1.807, 2.05) is 20.8 Å². The third kappa shape index (κ3) is 4.66. The molecule has 1 unspecified atom stereocenters. The fourth-order valence-corrected chi connectivity index (χ4v) is 1.47. The van der Waals surface area contributed by atoms with Crippen molar-refractivity contribution in [1.82, 2.24) is 15.3 Å². The van der Waals surface area contributed by atoms with Gasteiger partial charge in [-0.15, -0.1) is 0 Å². The Morgan fingerprint density at radius 2 is 2.00 bits per heavy atom. The van der Waals surface area contributed by atoms with Crippen molar-refractivity contribution in [2.75, 3.05) is 5.32 Å². The first-order valence-corrected chi connectivity index (χ1v) is 6.21. The fraction of sp³-hybridized carbons (Fsp3) is 0.545. The van der Waals surface area contributed by atoms with Crippen LogP contribution in [0.1, 0.15) is 27.7 Å². The van der Waals surface area contributed by atoms with Gasteiger partial charge in [0.1, 0.15) is 11.1 Å². The van der Waals surface area contributed by atoms with E-state index in [0.717, 1.165) is 0 Å². The van der Waals surface area contributed by atoms with Crippen LogP contribution in [0.3, 0.4) is 0 Å². The van der Waals surface area contributed by atoms with Crippen molar-refractivity contribution in [3.05, 3.63) is 16.5 Å². The molecular formula is C11H16Cl2N4O. The summed E-state index contributed by atoms with van der Waals surface area (Å²) in [4.78, 5) is 19.5. The van der Waals surface area contributed by atoms with Crippen LogP contribution in [0, 0.1) is 0 Å². The summed E-state index contributed by atoms with van der Waals surface area (Å²) in [6, 6.07) is -0.479. The van der Waals surface area contributed by atoms with Crippen LogP contribution in [0.25, 0.3) is 0 Å². The molecule has 1 aromatic heterocycles. The SMILES string of the molecule is CC(Nc1nc(Cl)ncc1Cl)C(=O)NC(C)(C)C. The van der Waals surface area contributed by atoms with Crippen molar-refractivity contribution < 1.29 is 4.79 Å². The Hall–Kier alpha value is -1.07. The Kier molecular flexibility index (Phi) is 4.76. The van der Waals surface area contributed by atoms with E-state index < -0.39 is 6.04 Å². The van der Waals surface area contributed by atoms with Crippen molar-refractivity contribution in [3.63, 3.8) is 0 Å². The average molecular weight is 291 g/mol. The summed E-state index contributed by atoms with van der Waals surface area (Å²) in [5, 5.41) is 6.14. The molecule has 1 rings (SSSR count). The number of amides is 1. The maximum absolute atomic E-state index is 11.9. The van der Waals surface area contributed by atoms with E-state index in [9.17, 15) is 4.79 Å². The van der Waals surface area contributed by atoms with E-state index in [0.29, 0.717) is 10.8 Å². The van der Waals surface area contributed by atoms with Crippen LogP contribution in [0.15, 0.2) is 6.20 Å². The molecule has 18 heavy (non-hydrogen) atoms. The molecule has 100 valence electrons. The molecule has 0 saturated carbocycles. The van der Waals surface area contributed by atoms with Crippen LogP contribution < -0.4 is 10.6 Å². The number of carbonyl (C=O) groups excluding carboxylic acids is 1. The van der Waals surface area contributed by atoms with Crippen molar-refractivity contribution in [2.45, 2.75) is 39.3 Å². The first kappa shape index (κ1) is 15.0. The predicted octanol–water partition coefficient (Wildman–Crippen LogP) is 2.50. The van der Waals surface area contributed by atoms with E-state index in [2.05, 4.69) is 20.6 Å². The molecule has 1 heterocycles. The lowest BCUT2D eigenvalue weighted by molar-refractivity contribution is -0.122. The van der Waals surface area contributed by atoms with Crippen LogP contribution in [0.4, 0.5) is 5.82 Å². The molecule has 0 radical (unpaired) electrons. The lowest BCUT2D eigenvalue weighted by Crippen LogP contribution is -2.47. The number of hydrogen-bond donors (Lipinski definition) is 2. The van der Waals surface area contributed by atoms with Crippen molar-refractivity contribution in [1.29, 1.82) is 0 Å². The number of nitrogens with one attached hydrogen (secondary N) is 2. The Labute approximate surface area is 116 Å². The van der Waals surface area contributed by atoms with Gasteiger partial charge in [0.25, 0.3) is 0 Å². The molecular weight excluding hydrogens is 275 g/mol. The second-order valence-electron chi connectivity index (χ2n) is 4.94. The molecule has 0 aromatic carbocycles. The van der Waals surface area contributed by atoms with E-state index in [4.69, 9.17) is 23.2 Å². The Morgan fingerprint density at radius 3 is 2.56 bits per heavy atom. The summed E-state index contributed by atoms with van der Waals surface area (Å²) in [6.07, 6.45) is 1.38. The topological polar surface area (TPSA) is 66.9 Å². The van der Waals surface area contributed by atoms with Gasteiger partial charge in [-0.25, -0.2) is 4.98 Å². The predicted molar refractivity (Wildman–Crippen MR) is 73.0 cm³/mol. The highest BCUT2D eigenvalue weighted by atomic mass is 35.5. The number of halogens is 2. The van der Waals surface area contributed by atoms with E-state index in [1.165, 1.54) is 6.20 Å². The smallest absolute Gasteiger partial charge is 0.242 e. The second-order valence-corrected chi connectivity index (χ2v) is 5.69. The Bertz CT molecular complexity index is 445. The van der Waals surface area contributed by atoms with Crippen LogP contribution in [-0.2, 0) is 4.79 Å².